The minimum absolute atomic E-state index is 0.00523. The Labute approximate surface area is 110 Å². The van der Waals surface area contributed by atoms with Gasteiger partial charge in [-0.15, -0.1) is 11.3 Å². The molecule has 1 aliphatic carbocycles. The van der Waals surface area contributed by atoms with E-state index in [9.17, 15) is 4.79 Å². The predicted molar refractivity (Wildman–Crippen MR) is 74.4 cm³/mol. The van der Waals surface area contributed by atoms with E-state index in [2.05, 4.69) is 5.32 Å². The molecule has 0 aliphatic heterocycles. The average molecular weight is 268 g/mol. The summed E-state index contributed by atoms with van der Waals surface area (Å²) in [6.07, 6.45) is 3.04. The fourth-order valence-electron chi connectivity index (χ4n) is 2.31. The summed E-state index contributed by atoms with van der Waals surface area (Å²) in [6, 6.07) is 2.07. The SMILES string of the molecule is Cc1ccsc1C(=O)NC1CCCC1C(N)=S. The number of amides is 1. The van der Waals surface area contributed by atoms with Gasteiger partial charge in [-0.05, 0) is 36.8 Å². The summed E-state index contributed by atoms with van der Waals surface area (Å²) < 4.78 is 0. The van der Waals surface area contributed by atoms with E-state index in [0.717, 1.165) is 29.7 Å². The van der Waals surface area contributed by atoms with Crippen LogP contribution in [0.5, 0.6) is 0 Å². The van der Waals surface area contributed by atoms with Crippen molar-refractivity contribution in [2.75, 3.05) is 0 Å². The van der Waals surface area contributed by atoms with Crippen molar-refractivity contribution in [2.24, 2.45) is 11.7 Å². The van der Waals surface area contributed by atoms with E-state index >= 15 is 0 Å². The van der Waals surface area contributed by atoms with E-state index in [1.807, 2.05) is 18.4 Å². The highest BCUT2D eigenvalue weighted by molar-refractivity contribution is 7.80. The van der Waals surface area contributed by atoms with Crippen LogP contribution < -0.4 is 11.1 Å². The number of rotatable bonds is 3. The van der Waals surface area contributed by atoms with Crippen molar-refractivity contribution >= 4 is 34.5 Å². The average Bonchev–Trinajstić information content (AvgIpc) is 2.86. The number of carbonyl (C=O) groups excluding carboxylic acids is 1. The van der Waals surface area contributed by atoms with Crippen LogP contribution in [-0.2, 0) is 0 Å². The topological polar surface area (TPSA) is 55.1 Å². The van der Waals surface area contributed by atoms with Gasteiger partial charge in [0.25, 0.3) is 5.91 Å². The molecule has 2 unspecified atom stereocenters. The molecule has 1 aliphatic rings. The minimum atomic E-state index is 0.00523. The highest BCUT2D eigenvalue weighted by atomic mass is 32.1. The second-order valence-corrected chi connectivity index (χ2v) is 5.84. The van der Waals surface area contributed by atoms with Crippen molar-refractivity contribution < 1.29 is 4.79 Å². The molecule has 0 aromatic carbocycles. The zero-order valence-electron chi connectivity index (χ0n) is 9.73. The number of thiophene rings is 1. The highest BCUT2D eigenvalue weighted by Gasteiger charge is 2.31. The molecule has 1 aromatic heterocycles. The summed E-state index contributed by atoms with van der Waals surface area (Å²) in [5.41, 5.74) is 6.72. The highest BCUT2D eigenvalue weighted by Crippen LogP contribution is 2.26. The molecule has 5 heteroatoms. The van der Waals surface area contributed by atoms with Gasteiger partial charge in [0, 0.05) is 12.0 Å². The van der Waals surface area contributed by atoms with Crippen molar-refractivity contribution in [1.29, 1.82) is 0 Å². The molecule has 0 spiro atoms. The summed E-state index contributed by atoms with van der Waals surface area (Å²) in [4.78, 5) is 13.4. The summed E-state index contributed by atoms with van der Waals surface area (Å²) in [7, 11) is 0. The first-order chi connectivity index (χ1) is 8.09. The van der Waals surface area contributed by atoms with Gasteiger partial charge in [-0.25, -0.2) is 0 Å². The van der Waals surface area contributed by atoms with Crippen LogP contribution in [0.4, 0.5) is 0 Å². The van der Waals surface area contributed by atoms with Gasteiger partial charge in [0.15, 0.2) is 0 Å². The van der Waals surface area contributed by atoms with E-state index in [4.69, 9.17) is 18.0 Å². The Morgan fingerprint density at radius 1 is 1.59 bits per heavy atom. The van der Waals surface area contributed by atoms with E-state index in [0.29, 0.717) is 4.99 Å². The quantitative estimate of drug-likeness (QED) is 0.827. The number of aryl methyl sites for hydroxylation is 1. The molecule has 92 valence electrons. The predicted octanol–water partition coefficient (Wildman–Crippen LogP) is 2.24. The van der Waals surface area contributed by atoms with Gasteiger partial charge < -0.3 is 11.1 Å². The van der Waals surface area contributed by atoms with Gasteiger partial charge >= 0.3 is 0 Å². The lowest BCUT2D eigenvalue weighted by atomic mass is 10.0. The van der Waals surface area contributed by atoms with Gasteiger partial charge in [-0.3, -0.25) is 4.79 Å². The molecule has 17 heavy (non-hydrogen) atoms. The van der Waals surface area contributed by atoms with Gasteiger partial charge in [-0.1, -0.05) is 18.6 Å². The van der Waals surface area contributed by atoms with Gasteiger partial charge in [-0.2, -0.15) is 0 Å². The third-order valence-corrected chi connectivity index (χ3v) is 4.58. The molecule has 1 heterocycles. The summed E-state index contributed by atoms with van der Waals surface area (Å²) in [5, 5.41) is 4.99. The van der Waals surface area contributed by atoms with E-state index in [1.165, 1.54) is 11.3 Å². The van der Waals surface area contributed by atoms with Crippen molar-refractivity contribution in [3.05, 3.63) is 21.9 Å². The number of nitrogens with one attached hydrogen (secondary N) is 1. The molecule has 2 rings (SSSR count). The van der Waals surface area contributed by atoms with Crippen molar-refractivity contribution in [3.63, 3.8) is 0 Å². The van der Waals surface area contributed by atoms with E-state index < -0.39 is 0 Å². The maximum absolute atomic E-state index is 12.1. The number of nitrogens with two attached hydrogens (primary N) is 1. The summed E-state index contributed by atoms with van der Waals surface area (Å²) in [5.74, 6) is 0.167. The van der Waals surface area contributed by atoms with Crippen LogP contribution in [0.15, 0.2) is 11.4 Å². The Bertz CT molecular complexity index is 441. The zero-order chi connectivity index (χ0) is 12.4. The molecule has 0 saturated heterocycles. The molecule has 3 nitrogen and oxygen atoms in total. The first-order valence-electron chi connectivity index (χ1n) is 5.74. The van der Waals surface area contributed by atoms with Crippen LogP contribution in [0, 0.1) is 12.8 Å². The van der Waals surface area contributed by atoms with Crippen molar-refractivity contribution in [3.8, 4) is 0 Å². The standard InChI is InChI=1S/C12H16N2OS2/c1-7-5-6-17-10(7)12(15)14-9-4-2-3-8(9)11(13)16/h5-6,8-9H,2-4H2,1H3,(H2,13,16)(H,14,15). The third-order valence-electron chi connectivity index (χ3n) is 3.27. The van der Waals surface area contributed by atoms with Gasteiger partial charge in [0.1, 0.15) is 0 Å². The maximum atomic E-state index is 12.1. The minimum Gasteiger partial charge on any atom is -0.393 e. The monoisotopic (exact) mass is 268 g/mol. The fraction of sp³-hybridized carbons (Fsp3) is 0.500. The van der Waals surface area contributed by atoms with E-state index in [-0.39, 0.29) is 17.9 Å². The first kappa shape index (κ1) is 12.5. The van der Waals surface area contributed by atoms with Crippen molar-refractivity contribution in [1.82, 2.24) is 5.32 Å². The molecule has 2 atom stereocenters. The van der Waals surface area contributed by atoms with Gasteiger partial charge in [0.2, 0.25) is 0 Å². The summed E-state index contributed by atoms with van der Waals surface area (Å²) in [6.45, 7) is 1.95. The largest absolute Gasteiger partial charge is 0.393 e. The molecule has 1 saturated carbocycles. The Balaban J connectivity index is 2.04. The van der Waals surface area contributed by atoms with Crippen LogP contribution >= 0.6 is 23.6 Å². The molecule has 1 fully saturated rings. The Hall–Kier alpha value is -0.940. The molecule has 1 amide bonds. The summed E-state index contributed by atoms with van der Waals surface area (Å²) >= 11 is 6.51. The van der Waals surface area contributed by atoms with Crippen LogP contribution in [0.1, 0.15) is 34.5 Å². The Morgan fingerprint density at radius 2 is 2.35 bits per heavy atom. The molecule has 1 aromatic rings. The van der Waals surface area contributed by atoms with Crippen molar-refractivity contribution in [2.45, 2.75) is 32.2 Å². The smallest absolute Gasteiger partial charge is 0.261 e. The number of hydrogen-bond donors (Lipinski definition) is 2. The normalized spacial score (nSPS) is 23.6. The van der Waals surface area contributed by atoms with Gasteiger partial charge in [0.05, 0.1) is 9.87 Å². The third kappa shape index (κ3) is 2.66. The fourth-order valence-corrected chi connectivity index (χ4v) is 3.42. The number of carbonyl (C=O) groups is 1. The van der Waals surface area contributed by atoms with Crippen LogP contribution in [0.25, 0.3) is 0 Å². The number of hydrogen-bond acceptors (Lipinski definition) is 3. The zero-order valence-corrected chi connectivity index (χ0v) is 11.4. The maximum Gasteiger partial charge on any atom is 0.261 e. The Morgan fingerprint density at radius 3 is 2.94 bits per heavy atom. The molecule has 0 bridgehead atoms. The van der Waals surface area contributed by atoms with E-state index in [1.54, 1.807) is 0 Å². The molecule has 0 radical (unpaired) electrons. The lowest BCUT2D eigenvalue weighted by molar-refractivity contribution is 0.0937. The number of thiocarbonyl (C=S) groups is 1. The Kier molecular flexibility index (Phi) is 3.79. The second-order valence-electron chi connectivity index (χ2n) is 4.45. The molecule has 3 N–H and O–H groups in total. The van der Waals surface area contributed by atoms with Crippen LogP contribution in [-0.4, -0.2) is 16.9 Å². The second kappa shape index (κ2) is 5.14. The van der Waals surface area contributed by atoms with Crippen LogP contribution in [0.2, 0.25) is 0 Å². The lowest BCUT2D eigenvalue weighted by Crippen LogP contribution is -2.41. The lowest BCUT2D eigenvalue weighted by Gasteiger charge is -2.19. The molecular weight excluding hydrogens is 252 g/mol. The first-order valence-corrected chi connectivity index (χ1v) is 7.02. The molecular formula is C12H16N2OS2. The van der Waals surface area contributed by atoms with Crippen LogP contribution in [0.3, 0.4) is 0 Å².